The Labute approximate surface area is 156 Å². The van der Waals surface area contributed by atoms with Crippen molar-refractivity contribution in [2.24, 2.45) is 5.10 Å². The van der Waals surface area contributed by atoms with Gasteiger partial charge in [0, 0.05) is 16.5 Å². The molecule has 6 heteroatoms. The number of halogens is 1. The van der Waals surface area contributed by atoms with Crippen LogP contribution >= 0.6 is 11.6 Å². The van der Waals surface area contributed by atoms with Gasteiger partial charge in [-0.3, -0.25) is 4.79 Å². The van der Waals surface area contributed by atoms with Crippen LogP contribution in [0.2, 0.25) is 5.15 Å². The fraction of sp³-hybridized carbons (Fsp3) is 0.150. The van der Waals surface area contributed by atoms with Crippen LogP contribution in [0.4, 0.5) is 0 Å². The van der Waals surface area contributed by atoms with Gasteiger partial charge in [0.25, 0.3) is 5.91 Å². The molecule has 3 rings (SSSR count). The summed E-state index contributed by atoms with van der Waals surface area (Å²) in [5.41, 5.74) is 5.55. The number of aryl methyl sites for hydroxylation is 1. The standard InChI is InChI=1S/C20H18ClN3O2/c1-3-26-17-8-6-14(7-9-17)20(25)24-22-12-16-11-15-5-4-13(2)10-18(15)23-19(16)21/h4-12H,3H2,1-2H3,(H,24,25). The van der Waals surface area contributed by atoms with Crippen molar-refractivity contribution >= 4 is 34.6 Å². The first-order chi connectivity index (χ1) is 12.6. The zero-order valence-electron chi connectivity index (χ0n) is 14.5. The molecule has 5 nitrogen and oxygen atoms in total. The molecule has 0 radical (unpaired) electrons. The van der Waals surface area contributed by atoms with Crippen LogP contribution in [0.5, 0.6) is 5.75 Å². The predicted molar refractivity (Wildman–Crippen MR) is 104 cm³/mol. The van der Waals surface area contributed by atoms with Crippen molar-refractivity contribution in [3.63, 3.8) is 0 Å². The fourth-order valence-corrected chi connectivity index (χ4v) is 2.65. The van der Waals surface area contributed by atoms with Crippen molar-refractivity contribution in [2.45, 2.75) is 13.8 Å². The van der Waals surface area contributed by atoms with Crippen LogP contribution in [-0.2, 0) is 0 Å². The summed E-state index contributed by atoms with van der Waals surface area (Å²) in [5.74, 6) is 0.404. The largest absolute Gasteiger partial charge is 0.494 e. The minimum Gasteiger partial charge on any atom is -0.494 e. The third kappa shape index (κ3) is 4.18. The molecule has 0 saturated heterocycles. The highest BCUT2D eigenvalue weighted by Gasteiger charge is 2.06. The lowest BCUT2D eigenvalue weighted by Crippen LogP contribution is -2.17. The number of fused-ring (bicyclic) bond motifs is 1. The normalized spacial score (nSPS) is 11.0. The van der Waals surface area contributed by atoms with Gasteiger partial charge in [-0.15, -0.1) is 0 Å². The van der Waals surface area contributed by atoms with Crippen molar-refractivity contribution in [3.05, 3.63) is 70.4 Å². The van der Waals surface area contributed by atoms with Gasteiger partial charge in [-0.2, -0.15) is 5.10 Å². The SMILES string of the molecule is CCOc1ccc(C(=O)NN=Cc2cc3ccc(C)cc3nc2Cl)cc1. The first-order valence-corrected chi connectivity index (χ1v) is 8.58. The Kier molecular flexibility index (Phi) is 5.49. The number of nitrogens with zero attached hydrogens (tertiary/aromatic N) is 2. The molecule has 1 aromatic heterocycles. The van der Waals surface area contributed by atoms with Crippen molar-refractivity contribution < 1.29 is 9.53 Å². The van der Waals surface area contributed by atoms with Crippen LogP contribution in [-0.4, -0.2) is 23.7 Å². The van der Waals surface area contributed by atoms with E-state index in [1.54, 1.807) is 24.3 Å². The molecule has 0 aliphatic heterocycles. The summed E-state index contributed by atoms with van der Waals surface area (Å²) in [4.78, 5) is 16.5. The number of hydrogen-bond donors (Lipinski definition) is 1. The molecule has 0 spiro atoms. The fourth-order valence-electron chi connectivity index (χ4n) is 2.45. The maximum Gasteiger partial charge on any atom is 0.271 e. The molecule has 0 bridgehead atoms. The van der Waals surface area contributed by atoms with Gasteiger partial charge in [-0.05, 0) is 55.8 Å². The molecule has 0 aliphatic rings. The van der Waals surface area contributed by atoms with E-state index in [0.717, 1.165) is 22.2 Å². The average molecular weight is 368 g/mol. The first kappa shape index (κ1) is 17.9. The minimum absolute atomic E-state index is 0.315. The lowest BCUT2D eigenvalue weighted by atomic mass is 10.1. The van der Waals surface area contributed by atoms with Gasteiger partial charge in [0.2, 0.25) is 0 Å². The van der Waals surface area contributed by atoms with E-state index in [1.807, 2.05) is 38.1 Å². The molecular formula is C20H18ClN3O2. The summed E-state index contributed by atoms with van der Waals surface area (Å²) < 4.78 is 5.35. The van der Waals surface area contributed by atoms with Crippen LogP contribution < -0.4 is 10.2 Å². The lowest BCUT2D eigenvalue weighted by Gasteiger charge is -2.05. The zero-order chi connectivity index (χ0) is 18.5. The lowest BCUT2D eigenvalue weighted by molar-refractivity contribution is 0.0955. The van der Waals surface area contributed by atoms with Gasteiger partial charge in [0.15, 0.2) is 0 Å². The molecule has 1 amide bonds. The number of aromatic nitrogens is 1. The van der Waals surface area contributed by atoms with E-state index in [0.29, 0.717) is 22.9 Å². The predicted octanol–water partition coefficient (Wildman–Crippen LogP) is 4.36. The Morgan fingerprint density at radius 1 is 1.23 bits per heavy atom. The van der Waals surface area contributed by atoms with E-state index < -0.39 is 0 Å². The third-order valence-electron chi connectivity index (χ3n) is 3.75. The highest BCUT2D eigenvalue weighted by molar-refractivity contribution is 6.32. The number of amides is 1. The Balaban J connectivity index is 1.71. The Bertz CT molecular complexity index is 969. The molecule has 0 atom stereocenters. The molecule has 0 fully saturated rings. The number of carbonyl (C=O) groups is 1. The van der Waals surface area contributed by atoms with E-state index in [4.69, 9.17) is 16.3 Å². The second kappa shape index (κ2) is 7.97. The number of benzene rings is 2. The number of rotatable bonds is 5. The van der Waals surface area contributed by atoms with Gasteiger partial charge in [0.05, 0.1) is 18.3 Å². The molecule has 0 unspecified atom stereocenters. The summed E-state index contributed by atoms with van der Waals surface area (Å²) in [6, 6.07) is 14.7. The van der Waals surface area contributed by atoms with Crippen molar-refractivity contribution in [1.29, 1.82) is 0 Å². The monoisotopic (exact) mass is 367 g/mol. The van der Waals surface area contributed by atoms with E-state index >= 15 is 0 Å². The first-order valence-electron chi connectivity index (χ1n) is 8.20. The van der Waals surface area contributed by atoms with E-state index in [9.17, 15) is 4.79 Å². The third-order valence-corrected chi connectivity index (χ3v) is 4.05. The van der Waals surface area contributed by atoms with Gasteiger partial charge >= 0.3 is 0 Å². The molecule has 132 valence electrons. The average Bonchev–Trinajstić information content (AvgIpc) is 2.63. The molecule has 3 aromatic rings. The molecule has 0 aliphatic carbocycles. The maximum absolute atomic E-state index is 12.1. The zero-order valence-corrected chi connectivity index (χ0v) is 15.2. The Morgan fingerprint density at radius 3 is 2.73 bits per heavy atom. The van der Waals surface area contributed by atoms with E-state index in [-0.39, 0.29) is 5.91 Å². The summed E-state index contributed by atoms with van der Waals surface area (Å²) in [5, 5.41) is 5.27. The molecule has 26 heavy (non-hydrogen) atoms. The van der Waals surface area contributed by atoms with Crippen LogP contribution in [0, 0.1) is 6.92 Å². The summed E-state index contributed by atoms with van der Waals surface area (Å²) in [6.07, 6.45) is 1.49. The quantitative estimate of drug-likeness (QED) is 0.414. The van der Waals surface area contributed by atoms with Gasteiger partial charge in [0.1, 0.15) is 10.9 Å². The van der Waals surface area contributed by atoms with Crippen LogP contribution in [0.25, 0.3) is 10.9 Å². The number of hydrogen-bond acceptors (Lipinski definition) is 4. The molecule has 2 aromatic carbocycles. The number of ether oxygens (including phenoxy) is 1. The maximum atomic E-state index is 12.1. The highest BCUT2D eigenvalue weighted by Crippen LogP contribution is 2.20. The number of nitrogens with one attached hydrogen (secondary N) is 1. The van der Waals surface area contributed by atoms with Gasteiger partial charge in [-0.25, -0.2) is 10.4 Å². The van der Waals surface area contributed by atoms with Crippen molar-refractivity contribution in [2.75, 3.05) is 6.61 Å². The van der Waals surface area contributed by atoms with Crippen LogP contribution in [0.3, 0.4) is 0 Å². The van der Waals surface area contributed by atoms with Gasteiger partial charge < -0.3 is 4.74 Å². The Hall–Kier alpha value is -2.92. The number of pyridine rings is 1. The summed E-state index contributed by atoms with van der Waals surface area (Å²) in [6.45, 7) is 4.49. The molecule has 0 saturated carbocycles. The van der Waals surface area contributed by atoms with Gasteiger partial charge in [-0.1, -0.05) is 23.7 Å². The minimum atomic E-state index is -0.315. The van der Waals surface area contributed by atoms with Crippen molar-refractivity contribution in [1.82, 2.24) is 10.4 Å². The summed E-state index contributed by atoms with van der Waals surface area (Å²) in [7, 11) is 0. The van der Waals surface area contributed by atoms with E-state index in [2.05, 4.69) is 15.5 Å². The molecular weight excluding hydrogens is 350 g/mol. The van der Waals surface area contributed by atoms with Crippen LogP contribution in [0.1, 0.15) is 28.4 Å². The topological polar surface area (TPSA) is 63.6 Å². The second-order valence-corrected chi connectivity index (χ2v) is 6.08. The summed E-state index contributed by atoms with van der Waals surface area (Å²) >= 11 is 6.21. The second-order valence-electron chi connectivity index (χ2n) is 5.72. The molecule has 1 N–H and O–H groups in total. The molecule has 1 heterocycles. The number of carbonyl (C=O) groups excluding carboxylic acids is 1. The van der Waals surface area contributed by atoms with Crippen LogP contribution in [0.15, 0.2) is 53.6 Å². The highest BCUT2D eigenvalue weighted by atomic mass is 35.5. The van der Waals surface area contributed by atoms with Crippen molar-refractivity contribution in [3.8, 4) is 5.75 Å². The number of hydrazone groups is 1. The Morgan fingerprint density at radius 2 is 2.00 bits per heavy atom. The van der Waals surface area contributed by atoms with E-state index in [1.165, 1.54) is 6.21 Å². The smallest absolute Gasteiger partial charge is 0.271 e.